The Hall–Kier alpha value is -2.04. The maximum absolute atomic E-state index is 5.79. The van der Waals surface area contributed by atoms with Gasteiger partial charge in [0.25, 0.3) is 0 Å². The van der Waals surface area contributed by atoms with Crippen LogP contribution in [-0.2, 0) is 0 Å². The Balaban J connectivity index is 2.60. The lowest BCUT2D eigenvalue weighted by atomic mass is 10.3. The van der Waals surface area contributed by atoms with Crippen LogP contribution in [0.1, 0.15) is 5.69 Å². The number of aryl methyl sites for hydroxylation is 1. The van der Waals surface area contributed by atoms with E-state index in [-0.39, 0.29) is 0 Å². The van der Waals surface area contributed by atoms with E-state index in [1.165, 1.54) is 0 Å². The molecule has 0 unspecified atom stereocenters. The molecule has 0 aliphatic heterocycles. The van der Waals surface area contributed by atoms with Crippen LogP contribution >= 0.6 is 0 Å². The maximum atomic E-state index is 5.79. The van der Waals surface area contributed by atoms with Crippen molar-refractivity contribution < 1.29 is 0 Å². The molecule has 0 aliphatic carbocycles. The fourth-order valence-corrected chi connectivity index (χ4v) is 1.22. The van der Waals surface area contributed by atoms with Crippen LogP contribution in [0.2, 0.25) is 0 Å². The summed E-state index contributed by atoms with van der Waals surface area (Å²) in [4.78, 5) is 8.22. The minimum absolute atomic E-state index is 0.547. The number of nitrogen functional groups attached to an aromatic ring is 2. The van der Waals surface area contributed by atoms with Crippen LogP contribution in [0, 0.1) is 6.92 Å². The Morgan fingerprint density at radius 2 is 2.07 bits per heavy atom. The lowest BCUT2D eigenvalue weighted by Gasteiger charge is -2.08. The molecule has 2 rings (SSSR count). The highest BCUT2D eigenvalue weighted by Crippen LogP contribution is 2.19. The highest BCUT2D eigenvalue weighted by molar-refractivity contribution is 5.62. The average Bonchev–Trinajstić information content (AvgIpc) is 2.64. The predicted molar refractivity (Wildman–Crippen MR) is 54.9 cm³/mol. The zero-order valence-electron chi connectivity index (χ0n) is 7.81. The van der Waals surface area contributed by atoms with Crippen molar-refractivity contribution in [2.45, 2.75) is 6.92 Å². The van der Waals surface area contributed by atoms with Crippen molar-refractivity contribution in [3.8, 4) is 5.82 Å². The van der Waals surface area contributed by atoms with Crippen LogP contribution in [0.25, 0.3) is 5.82 Å². The number of hydrogen-bond acceptors (Lipinski definition) is 4. The first-order valence-corrected chi connectivity index (χ1v) is 4.19. The molecule has 5 heteroatoms. The standard InChI is InChI=1S/C9H11N5/c1-6-7(10)4-8(11)9(13-6)14-3-2-12-5-14/h2-5H,10-11H2,1H3. The summed E-state index contributed by atoms with van der Waals surface area (Å²) in [5.74, 6) is 0.661. The van der Waals surface area contributed by atoms with Crippen LogP contribution in [0.15, 0.2) is 24.8 Å². The molecule has 0 aromatic carbocycles. The number of rotatable bonds is 1. The minimum Gasteiger partial charge on any atom is -0.397 e. The number of hydrogen-bond donors (Lipinski definition) is 2. The lowest BCUT2D eigenvalue weighted by molar-refractivity contribution is 0.981. The molecule has 4 N–H and O–H groups in total. The largest absolute Gasteiger partial charge is 0.397 e. The smallest absolute Gasteiger partial charge is 0.161 e. The van der Waals surface area contributed by atoms with Crippen molar-refractivity contribution in [1.82, 2.24) is 14.5 Å². The van der Waals surface area contributed by atoms with Crippen LogP contribution < -0.4 is 11.5 Å². The van der Waals surface area contributed by atoms with E-state index in [1.54, 1.807) is 29.4 Å². The number of pyridine rings is 1. The fraction of sp³-hybridized carbons (Fsp3) is 0.111. The Labute approximate surface area is 81.4 Å². The Morgan fingerprint density at radius 3 is 2.71 bits per heavy atom. The second-order valence-electron chi connectivity index (χ2n) is 3.05. The summed E-state index contributed by atoms with van der Waals surface area (Å²) in [5, 5.41) is 0. The molecule has 2 aromatic rings. The summed E-state index contributed by atoms with van der Waals surface area (Å²) >= 11 is 0. The third-order valence-electron chi connectivity index (χ3n) is 2.01. The summed E-state index contributed by atoms with van der Waals surface area (Å²) in [6.45, 7) is 1.84. The van der Waals surface area contributed by atoms with Gasteiger partial charge >= 0.3 is 0 Å². The van der Waals surface area contributed by atoms with Gasteiger partial charge in [-0.2, -0.15) is 0 Å². The molecule has 14 heavy (non-hydrogen) atoms. The first-order chi connectivity index (χ1) is 6.68. The van der Waals surface area contributed by atoms with Crippen LogP contribution in [0.4, 0.5) is 11.4 Å². The van der Waals surface area contributed by atoms with E-state index in [9.17, 15) is 0 Å². The van der Waals surface area contributed by atoms with E-state index in [0.29, 0.717) is 17.2 Å². The molecule has 0 spiro atoms. The normalized spacial score (nSPS) is 10.4. The highest BCUT2D eigenvalue weighted by atomic mass is 15.1. The van der Waals surface area contributed by atoms with Gasteiger partial charge in [0.2, 0.25) is 0 Å². The SMILES string of the molecule is Cc1nc(-n2ccnc2)c(N)cc1N. The van der Waals surface area contributed by atoms with Crippen molar-refractivity contribution in [3.05, 3.63) is 30.5 Å². The van der Waals surface area contributed by atoms with Crippen LogP contribution in [0.5, 0.6) is 0 Å². The zero-order valence-corrected chi connectivity index (χ0v) is 7.81. The number of nitrogens with two attached hydrogens (primary N) is 2. The molecule has 0 saturated carbocycles. The maximum Gasteiger partial charge on any atom is 0.161 e. The molecule has 0 atom stereocenters. The second kappa shape index (κ2) is 3.02. The molecule has 0 aliphatic rings. The van der Waals surface area contributed by atoms with Crippen molar-refractivity contribution in [3.63, 3.8) is 0 Å². The summed E-state index contributed by atoms with van der Waals surface area (Å²) in [5.41, 5.74) is 13.4. The van der Waals surface area contributed by atoms with Crippen molar-refractivity contribution >= 4 is 11.4 Å². The van der Waals surface area contributed by atoms with Gasteiger partial charge in [-0.05, 0) is 13.0 Å². The Kier molecular flexibility index (Phi) is 1.85. The van der Waals surface area contributed by atoms with Gasteiger partial charge in [-0.3, -0.25) is 4.57 Å². The highest BCUT2D eigenvalue weighted by Gasteiger charge is 2.05. The second-order valence-corrected chi connectivity index (χ2v) is 3.05. The van der Waals surface area contributed by atoms with Crippen LogP contribution in [0.3, 0.4) is 0 Å². The molecular weight excluding hydrogens is 178 g/mol. The summed E-state index contributed by atoms with van der Waals surface area (Å²) in [6.07, 6.45) is 5.11. The van der Waals surface area contributed by atoms with E-state index in [4.69, 9.17) is 11.5 Å². The molecule has 0 amide bonds. The third kappa shape index (κ3) is 1.28. The average molecular weight is 189 g/mol. The van der Waals surface area contributed by atoms with Gasteiger partial charge in [0.05, 0.1) is 17.1 Å². The van der Waals surface area contributed by atoms with E-state index < -0.39 is 0 Å². The lowest BCUT2D eigenvalue weighted by Crippen LogP contribution is -2.04. The van der Waals surface area contributed by atoms with Gasteiger partial charge in [0, 0.05) is 12.4 Å². The number of anilines is 2. The van der Waals surface area contributed by atoms with Crippen molar-refractivity contribution in [1.29, 1.82) is 0 Å². The number of nitrogens with zero attached hydrogens (tertiary/aromatic N) is 3. The van der Waals surface area contributed by atoms with E-state index in [0.717, 1.165) is 5.69 Å². The van der Waals surface area contributed by atoms with Gasteiger partial charge in [-0.1, -0.05) is 0 Å². The molecule has 2 aromatic heterocycles. The molecule has 0 fully saturated rings. The molecular formula is C9H11N5. The third-order valence-corrected chi connectivity index (χ3v) is 2.01. The van der Waals surface area contributed by atoms with E-state index in [1.807, 2.05) is 6.92 Å². The van der Waals surface area contributed by atoms with Crippen LogP contribution in [-0.4, -0.2) is 14.5 Å². The summed E-state index contributed by atoms with van der Waals surface area (Å²) in [6, 6.07) is 1.71. The molecule has 0 bridgehead atoms. The van der Waals surface area contributed by atoms with E-state index in [2.05, 4.69) is 9.97 Å². The fourth-order valence-electron chi connectivity index (χ4n) is 1.22. The number of aromatic nitrogens is 3. The van der Waals surface area contributed by atoms with Gasteiger partial charge in [0.1, 0.15) is 6.33 Å². The summed E-state index contributed by atoms with van der Waals surface area (Å²) in [7, 11) is 0. The Morgan fingerprint density at radius 1 is 1.29 bits per heavy atom. The van der Waals surface area contributed by atoms with Gasteiger partial charge in [-0.15, -0.1) is 0 Å². The minimum atomic E-state index is 0.547. The quantitative estimate of drug-likeness (QED) is 0.693. The molecule has 72 valence electrons. The van der Waals surface area contributed by atoms with Crippen molar-refractivity contribution in [2.75, 3.05) is 11.5 Å². The molecule has 0 saturated heterocycles. The summed E-state index contributed by atoms with van der Waals surface area (Å²) < 4.78 is 1.75. The predicted octanol–water partition coefficient (Wildman–Crippen LogP) is 0.740. The van der Waals surface area contributed by atoms with Gasteiger partial charge < -0.3 is 11.5 Å². The molecule has 2 heterocycles. The van der Waals surface area contributed by atoms with Gasteiger partial charge in [-0.25, -0.2) is 9.97 Å². The first kappa shape index (κ1) is 8.55. The first-order valence-electron chi connectivity index (χ1n) is 4.19. The number of imidazole rings is 1. The zero-order chi connectivity index (χ0) is 10.1. The Bertz CT molecular complexity index is 446. The van der Waals surface area contributed by atoms with E-state index >= 15 is 0 Å². The topological polar surface area (TPSA) is 82.8 Å². The molecule has 5 nitrogen and oxygen atoms in total. The van der Waals surface area contributed by atoms with Gasteiger partial charge in [0.15, 0.2) is 5.82 Å². The molecule has 0 radical (unpaired) electrons. The monoisotopic (exact) mass is 189 g/mol. The van der Waals surface area contributed by atoms with Crippen molar-refractivity contribution in [2.24, 2.45) is 0 Å².